The summed E-state index contributed by atoms with van der Waals surface area (Å²) < 4.78 is 3.61. The van der Waals surface area contributed by atoms with Gasteiger partial charge in [0, 0.05) is 42.8 Å². The molecule has 0 aliphatic heterocycles. The molecular formula is C12H17N5. The Balaban J connectivity index is 1.94. The largest absolute Gasteiger partial charge is 0.364 e. The molecule has 0 radical (unpaired) electrons. The van der Waals surface area contributed by atoms with E-state index in [2.05, 4.69) is 35.9 Å². The molecule has 1 N–H and O–H groups in total. The number of aromatic nitrogens is 4. The summed E-state index contributed by atoms with van der Waals surface area (Å²) in [5, 5.41) is 11.8. The number of hydrogen-bond acceptors (Lipinski definition) is 3. The molecule has 0 atom stereocenters. The van der Waals surface area contributed by atoms with Gasteiger partial charge in [-0.15, -0.1) is 0 Å². The molecule has 0 fully saturated rings. The van der Waals surface area contributed by atoms with E-state index >= 15 is 0 Å². The predicted octanol–water partition coefficient (Wildman–Crippen LogP) is 2.37. The van der Waals surface area contributed by atoms with E-state index in [1.54, 1.807) is 10.9 Å². The van der Waals surface area contributed by atoms with Crippen molar-refractivity contribution < 1.29 is 0 Å². The van der Waals surface area contributed by atoms with Gasteiger partial charge in [-0.05, 0) is 13.8 Å². The Morgan fingerprint density at radius 3 is 2.94 bits per heavy atom. The summed E-state index contributed by atoms with van der Waals surface area (Å²) in [6, 6.07) is 2.35. The molecule has 5 nitrogen and oxygen atoms in total. The van der Waals surface area contributed by atoms with Crippen LogP contribution in [0.5, 0.6) is 0 Å². The van der Waals surface area contributed by atoms with Gasteiger partial charge in [0.15, 0.2) is 0 Å². The number of anilines is 1. The van der Waals surface area contributed by atoms with Gasteiger partial charge in [0.1, 0.15) is 5.82 Å². The van der Waals surface area contributed by atoms with Crippen LogP contribution >= 0.6 is 0 Å². The summed E-state index contributed by atoms with van der Waals surface area (Å²) in [5.74, 6) is 0.880. The highest BCUT2D eigenvalue weighted by Crippen LogP contribution is 2.09. The highest BCUT2D eigenvalue weighted by Gasteiger charge is 2.02. The Morgan fingerprint density at radius 2 is 2.35 bits per heavy atom. The fourth-order valence-electron chi connectivity index (χ4n) is 1.48. The van der Waals surface area contributed by atoms with Crippen molar-refractivity contribution in [3.8, 4) is 0 Å². The van der Waals surface area contributed by atoms with Crippen LogP contribution in [-0.4, -0.2) is 19.6 Å². The number of hydrogen-bond donors (Lipinski definition) is 1. The van der Waals surface area contributed by atoms with Crippen molar-refractivity contribution in [2.24, 2.45) is 0 Å². The Morgan fingerprint density at radius 1 is 1.53 bits per heavy atom. The van der Waals surface area contributed by atoms with Crippen LogP contribution in [0, 0.1) is 0 Å². The maximum Gasteiger partial charge on any atom is 0.148 e. The lowest BCUT2D eigenvalue weighted by Gasteiger charge is -2.04. The second-order valence-electron chi connectivity index (χ2n) is 4.14. The third-order valence-electron chi connectivity index (χ3n) is 2.45. The second-order valence-corrected chi connectivity index (χ2v) is 4.14. The van der Waals surface area contributed by atoms with Crippen LogP contribution in [0.15, 0.2) is 31.2 Å². The van der Waals surface area contributed by atoms with E-state index < -0.39 is 0 Å². The minimum atomic E-state index is 0.383. The lowest BCUT2D eigenvalue weighted by atomic mass is 10.3. The Kier molecular flexibility index (Phi) is 3.27. The average Bonchev–Trinajstić information content (AvgIpc) is 2.95. The van der Waals surface area contributed by atoms with Gasteiger partial charge in [0.05, 0.1) is 6.20 Å². The van der Waals surface area contributed by atoms with Gasteiger partial charge in [-0.1, -0.05) is 6.58 Å². The van der Waals surface area contributed by atoms with Crippen molar-refractivity contribution in [1.29, 1.82) is 0 Å². The first-order valence-electron chi connectivity index (χ1n) is 5.63. The van der Waals surface area contributed by atoms with E-state index in [1.807, 2.05) is 29.3 Å². The lowest BCUT2D eigenvalue weighted by molar-refractivity contribution is 0.534. The van der Waals surface area contributed by atoms with Gasteiger partial charge in [0.25, 0.3) is 0 Å². The van der Waals surface area contributed by atoms with Gasteiger partial charge >= 0.3 is 0 Å². The SMILES string of the molecule is C=Cn1cc(CNc2ccn(C(C)C)n2)cn1. The highest BCUT2D eigenvalue weighted by atomic mass is 15.3. The molecule has 2 aromatic rings. The van der Waals surface area contributed by atoms with Gasteiger partial charge < -0.3 is 5.32 Å². The zero-order valence-electron chi connectivity index (χ0n) is 10.2. The first kappa shape index (κ1) is 11.4. The summed E-state index contributed by atoms with van der Waals surface area (Å²) in [6.07, 6.45) is 7.38. The van der Waals surface area contributed by atoms with E-state index in [0.29, 0.717) is 12.6 Å². The number of rotatable bonds is 5. The van der Waals surface area contributed by atoms with Crippen LogP contribution in [0.25, 0.3) is 6.20 Å². The molecule has 2 rings (SSSR count). The minimum absolute atomic E-state index is 0.383. The molecule has 2 aromatic heterocycles. The fraction of sp³-hybridized carbons (Fsp3) is 0.333. The van der Waals surface area contributed by atoms with Crippen LogP contribution in [0.4, 0.5) is 5.82 Å². The molecule has 0 spiro atoms. The van der Waals surface area contributed by atoms with Gasteiger partial charge in [-0.2, -0.15) is 10.2 Å². The van der Waals surface area contributed by atoms with E-state index in [9.17, 15) is 0 Å². The molecule has 90 valence electrons. The van der Waals surface area contributed by atoms with E-state index in [-0.39, 0.29) is 0 Å². The molecule has 0 saturated carbocycles. The minimum Gasteiger partial charge on any atom is -0.364 e. The lowest BCUT2D eigenvalue weighted by Crippen LogP contribution is -2.03. The second kappa shape index (κ2) is 4.86. The molecule has 0 aliphatic carbocycles. The van der Waals surface area contributed by atoms with Crippen LogP contribution in [-0.2, 0) is 6.54 Å². The zero-order chi connectivity index (χ0) is 12.3. The maximum atomic E-state index is 4.41. The topological polar surface area (TPSA) is 47.7 Å². The Hall–Kier alpha value is -2.04. The van der Waals surface area contributed by atoms with Crippen molar-refractivity contribution in [2.45, 2.75) is 26.4 Å². The monoisotopic (exact) mass is 231 g/mol. The van der Waals surface area contributed by atoms with E-state index in [4.69, 9.17) is 0 Å². The van der Waals surface area contributed by atoms with Crippen LogP contribution < -0.4 is 5.32 Å². The third kappa shape index (κ3) is 2.75. The average molecular weight is 231 g/mol. The van der Waals surface area contributed by atoms with Gasteiger partial charge in [-0.25, -0.2) is 4.68 Å². The van der Waals surface area contributed by atoms with Crippen LogP contribution in [0.1, 0.15) is 25.5 Å². The molecular weight excluding hydrogens is 214 g/mol. The summed E-state index contributed by atoms with van der Waals surface area (Å²) in [7, 11) is 0. The van der Waals surface area contributed by atoms with Crippen molar-refractivity contribution >= 4 is 12.0 Å². The predicted molar refractivity (Wildman–Crippen MR) is 68.6 cm³/mol. The van der Waals surface area contributed by atoms with Crippen molar-refractivity contribution in [1.82, 2.24) is 19.6 Å². The smallest absolute Gasteiger partial charge is 0.148 e. The summed E-state index contributed by atoms with van der Waals surface area (Å²) in [6.45, 7) is 8.57. The van der Waals surface area contributed by atoms with E-state index in [1.165, 1.54) is 0 Å². The fourth-order valence-corrected chi connectivity index (χ4v) is 1.48. The van der Waals surface area contributed by atoms with E-state index in [0.717, 1.165) is 11.4 Å². The highest BCUT2D eigenvalue weighted by molar-refractivity contribution is 5.33. The molecule has 0 amide bonds. The molecule has 0 saturated heterocycles. The van der Waals surface area contributed by atoms with Crippen molar-refractivity contribution in [3.05, 3.63) is 36.8 Å². The zero-order valence-corrected chi connectivity index (χ0v) is 10.2. The molecule has 0 aliphatic rings. The van der Waals surface area contributed by atoms with Crippen LogP contribution in [0.3, 0.4) is 0 Å². The summed E-state index contributed by atoms with van der Waals surface area (Å²) >= 11 is 0. The molecule has 2 heterocycles. The molecule has 17 heavy (non-hydrogen) atoms. The maximum absolute atomic E-state index is 4.41. The molecule has 5 heteroatoms. The molecule has 0 unspecified atom stereocenters. The van der Waals surface area contributed by atoms with Gasteiger partial charge in [0.2, 0.25) is 0 Å². The number of nitrogens with zero attached hydrogens (tertiary/aromatic N) is 4. The van der Waals surface area contributed by atoms with Crippen molar-refractivity contribution in [3.63, 3.8) is 0 Å². The Bertz CT molecular complexity index is 494. The first-order valence-corrected chi connectivity index (χ1v) is 5.63. The first-order chi connectivity index (χ1) is 8.19. The third-order valence-corrected chi connectivity index (χ3v) is 2.45. The molecule has 0 aromatic carbocycles. The Labute approximate surface area is 101 Å². The summed E-state index contributed by atoms with van der Waals surface area (Å²) in [4.78, 5) is 0. The van der Waals surface area contributed by atoms with Crippen molar-refractivity contribution in [2.75, 3.05) is 5.32 Å². The van der Waals surface area contributed by atoms with Gasteiger partial charge in [-0.3, -0.25) is 4.68 Å². The normalized spacial score (nSPS) is 10.8. The quantitative estimate of drug-likeness (QED) is 0.859. The molecule has 0 bridgehead atoms. The standard InChI is InChI=1S/C12H17N5/c1-4-16-9-11(8-14-16)7-13-12-5-6-17(15-12)10(2)3/h4-6,8-10H,1,7H2,2-3H3,(H,13,15). The number of nitrogens with one attached hydrogen (secondary N) is 1. The summed E-state index contributed by atoms with van der Waals surface area (Å²) in [5.41, 5.74) is 1.10. The van der Waals surface area contributed by atoms with Crippen LogP contribution in [0.2, 0.25) is 0 Å².